The van der Waals surface area contributed by atoms with Crippen molar-refractivity contribution in [2.24, 2.45) is 11.8 Å². The van der Waals surface area contributed by atoms with Crippen molar-refractivity contribution in [1.29, 1.82) is 0 Å². The van der Waals surface area contributed by atoms with Crippen LogP contribution in [0.4, 0.5) is 0 Å². The zero-order valence-electron chi connectivity index (χ0n) is 19.4. The average Bonchev–Trinajstić information content (AvgIpc) is 2.76. The zero-order valence-corrected chi connectivity index (χ0v) is 19.4. The van der Waals surface area contributed by atoms with E-state index in [0.717, 1.165) is 6.42 Å². The Labute approximate surface area is 185 Å². The second kappa shape index (κ2) is 11.7. The van der Waals surface area contributed by atoms with Crippen LogP contribution in [0.2, 0.25) is 0 Å². The number of nitrogens with one attached hydrogen (secondary N) is 2. The third kappa shape index (κ3) is 7.26. The molecule has 0 bridgehead atoms. The minimum Gasteiger partial charge on any atom is -0.497 e. The van der Waals surface area contributed by atoms with Crippen LogP contribution in [0, 0.1) is 11.8 Å². The van der Waals surface area contributed by atoms with Gasteiger partial charge in [-0.15, -0.1) is 0 Å². The van der Waals surface area contributed by atoms with Crippen molar-refractivity contribution < 1.29 is 19.1 Å². The lowest BCUT2D eigenvalue weighted by molar-refractivity contribution is -0.133. The van der Waals surface area contributed by atoms with Crippen LogP contribution in [0.3, 0.4) is 0 Å². The highest BCUT2D eigenvalue weighted by Gasteiger charge is 2.34. The maximum Gasteiger partial charge on any atom is 0.252 e. The van der Waals surface area contributed by atoms with Gasteiger partial charge in [-0.1, -0.05) is 26.8 Å². The summed E-state index contributed by atoms with van der Waals surface area (Å²) in [6, 6.07) is 6.27. The molecule has 0 aromatic heterocycles. The van der Waals surface area contributed by atoms with Gasteiger partial charge in [0.05, 0.1) is 7.11 Å². The van der Waals surface area contributed by atoms with E-state index < -0.39 is 6.04 Å². The Morgan fingerprint density at radius 1 is 1.13 bits per heavy atom. The Morgan fingerprint density at radius 2 is 1.81 bits per heavy atom. The molecule has 1 aliphatic heterocycles. The third-order valence-corrected chi connectivity index (χ3v) is 5.85. The molecule has 1 aromatic rings. The summed E-state index contributed by atoms with van der Waals surface area (Å²) in [5.41, 5.74) is 0.449. The lowest BCUT2D eigenvalue weighted by Gasteiger charge is -2.36. The number of nitrogens with zero attached hydrogens (tertiary/aromatic N) is 1. The van der Waals surface area contributed by atoms with E-state index in [1.54, 1.807) is 31.4 Å². The second-order valence-corrected chi connectivity index (χ2v) is 8.82. The third-order valence-electron chi connectivity index (χ3n) is 5.85. The number of hydrogen-bond donors (Lipinski definition) is 2. The van der Waals surface area contributed by atoms with E-state index in [1.807, 2.05) is 32.6 Å². The van der Waals surface area contributed by atoms with Crippen LogP contribution < -0.4 is 15.4 Å². The van der Waals surface area contributed by atoms with Crippen LogP contribution in [0.1, 0.15) is 63.7 Å². The Bertz CT molecular complexity index is 757. The molecule has 2 unspecified atom stereocenters. The molecular weight excluding hydrogens is 394 g/mol. The molecule has 1 heterocycles. The quantitative estimate of drug-likeness (QED) is 0.629. The summed E-state index contributed by atoms with van der Waals surface area (Å²) in [6.07, 6.45) is 2.71. The summed E-state index contributed by atoms with van der Waals surface area (Å²) < 4.78 is 5.21. The number of ether oxygens (including phenoxy) is 1. The maximum absolute atomic E-state index is 13.0. The molecule has 2 atom stereocenters. The molecular formula is C24H37N3O4. The molecule has 0 spiro atoms. The van der Waals surface area contributed by atoms with Crippen molar-refractivity contribution in [3.8, 4) is 5.75 Å². The Morgan fingerprint density at radius 3 is 2.39 bits per heavy atom. The van der Waals surface area contributed by atoms with Crippen molar-refractivity contribution in [1.82, 2.24) is 15.5 Å². The SMILES string of the molecule is CCC(C)NC(=O)C(NC(=O)c1cccc(OC)c1)C1CCN(C(=O)CC(C)C)CC1. The minimum absolute atomic E-state index is 0.0245. The van der Waals surface area contributed by atoms with E-state index in [2.05, 4.69) is 10.6 Å². The molecule has 7 heteroatoms. The van der Waals surface area contributed by atoms with Crippen molar-refractivity contribution in [2.75, 3.05) is 20.2 Å². The van der Waals surface area contributed by atoms with Crippen molar-refractivity contribution in [3.05, 3.63) is 29.8 Å². The van der Waals surface area contributed by atoms with E-state index in [0.29, 0.717) is 49.6 Å². The predicted molar refractivity (Wildman–Crippen MR) is 121 cm³/mol. The van der Waals surface area contributed by atoms with Crippen LogP contribution in [-0.2, 0) is 9.59 Å². The van der Waals surface area contributed by atoms with Crippen LogP contribution in [0.5, 0.6) is 5.75 Å². The van der Waals surface area contributed by atoms with Crippen LogP contribution in [0.15, 0.2) is 24.3 Å². The molecule has 31 heavy (non-hydrogen) atoms. The molecule has 7 nitrogen and oxygen atoms in total. The zero-order chi connectivity index (χ0) is 23.0. The van der Waals surface area contributed by atoms with Gasteiger partial charge in [0.2, 0.25) is 11.8 Å². The number of likely N-dealkylation sites (tertiary alicyclic amines) is 1. The number of methoxy groups -OCH3 is 1. The molecule has 1 aromatic carbocycles. The van der Waals surface area contributed by atoms with Crippen LogP contribution in [-0.4, -0.2) is 54.9 Å². The fraction of sp³-hybridized carbons (Fsp3) is 0.625. The van der Waals surface area contributed by atoms with Gasteiger partial charge in [0.25, 0.3) is 5.91 Å². The van der Waals surface area contributed by atoms with Gasteiger partial charge in [0.15, 0.2) is 0 Å². The largest absolute Gasteiger partial charge is 0.497 e. The fourth-order valence-corrected chi connectivity index (χ4v) is 3.78. The summed E-state index contributed by atoms with van der Waals surface area (Å²) in [7, 11) is 1.55. The second-order valence-electron chi connectivity index (χ2n) is 8.82. The molecule has 0 aliphatic carbocycles. The van der Waals surface area contributed by atoms with Crippen LogP contribution >= 0.6 is 0 Å². The van der Waals surface area contributed by atoms with E-state index in [1.165, 1.54) is 0 Å². The molecule has 1 fully saturated rings. The first-order valence-electron chi connectivity index (χ1n) is 11.3. The summed E-state index contributed by atoms with van der Waals surface area (Å²) in [4.78, 5) is 40.2. The number of piperidine rings is 1. The van der Waals surface area contributed by atoms with Gasteiger partial charge in [-0.25, -0.2) is 0 Å². The van der Waals surface area contributed by atoms with Gasteiger partial charge < -0.3 is 20.3 Å². The Hall–Kier alpha value is -2.57. The topological polar surface area (TPSA) is 87.7 Å². The number of carbonyl (C=O) groups excluding carboxylic acids is 3. The normalized spacial score (nSPS) is 16.5. The fourth-order valence-electron chi connectivity index (χ4n) is 3.78. The van der Waals surface area contributed by atoms with Gasteiger partial charge in [-0.2, -0.15) is 0 Å². The van der Waals surface area contributed by atoms with E-state index in [-0.39, 0.29) is 29.7 Å². The highest BCUT2D eigenvalue weighted by Crippen LogP contribution is 2.23. The highest BCUT2D eigenvalue weighted by molar-refractivity contribution is 5.98. The number of carbonyl (C=O) groups is 3. The Balaban J connectivity index is 2.11. The average molecular weight is 432 g/mol. The molecule has 3 amide bonds. The first-order chi connectivity index (χ1) is 14.7. The lowest BCUT2D eigenvalue weighted by Crippen LogP contribution is -2.55. The van der Waals surface area contributed by atoms with Crippen molar-refractivity contribution in [2.45, 2.75) is 65.5 Å². The summed E-state index contributed by atoms with van der Waals surface area (Å²) >= 11 is 0. The highest BCUT2D eigenvalue weighted by atomic mass is 16.5. The maximum atomic E-state index is 13.0. The number of benzene rings is 1. The van der Waals surface area contributed by atoms with E-state index in [9.17, 15) is 14.4 Å². The lowest BCUT2D eigenvalue weighted by atomic mass is 9.88. The van der Waals surface area contributed by atoms with Gasteiger partial charge in [-0.05, 0) is 56.2 Å². The summed E-state index contributed by atoms with van der Waals surface area (Å²) in [5.74, 6) is 0.571. The summed E-state index contributed by atoms with van der Waals surface area (Å²) in [6.45, 7) is 9.25. The van der Waals surface area contributed by atoms with E-state index in [4.69, 9.17) is 4.74 Å². The molecule has 2 rings (SSSR count). The minimum atomic E-state index is -0.643. The van der Waals surface area contributed by atoms with Gasteiger partial charge in [0.1, 0.15) is 11.8 Å². The molecule has 2 N–H and O–H groups in total. The standard InChI is InChI=1S/C24H37N3O4/c1-6-17(4)25-24(30)22(26-23(29)19-8-7-9-20(15-19)31-5)18-10-12-27(13-11-18)21(28)14-16(2)3/h7-9,15-18,22H,6,10-14H2,1-5H3,(H,25,30)(H,26,29). The Kier molecular flexibility index (Phi) is 9.34. The van der Waals surface area contributed by atoms with Crippen molar-refractivity contribution >= 4 is 17.7 Å². The molecule has 1 aliphatic rings. The predicted octanol–water partition coefficient (Wildman–Crippen LogP) is 2.99. The van der Waals surface area contributed by atoms with Crippen LogP contribution in [0.25, 0.3) is 0 Å². The first-order valence-corrected chi connectivity index (χ1v) is 11.3. The smallest absolute Gasteiger partial charge is 0.252 e. The van der Waals surface area contributed by atoms with Crippen molar-refractivity contribution in [3.63, 3.8) is 0 Å². The van der Waals surface area contributed by atoms with E-state index >= 15 is 0 Å². The molecule has 0 saturated carbocycles. The number of hydrogen-bond acceptors (Lipinski definition) is 4. The van der Waals surface area contributed by atoms with Gasteiger partial charge >= 0.3 is 0 Å². The molecule has 0 radical (unpaired) electrons. The van der Waals surface area contributed by atoms with Gasteiger partial charge in [-0.3, -0.25) is 14.4 Å². The molecule has 1 saturated heterocycles. The van der Waals surface area contributed by atoms with Gasteiger partial charge in [0, 0.05) is 31.1 Å². The number of amides is 3. The monoisotopic (exact) mass is 431 g/mol. The number of rotatable bonds is 9. The first kappa shape index (κ1) is 24.7. The molecule has 172 valence electrons. The summed E-state index contributed by atoms with van der Waals surface area (Å²) in [5, 5.41) is 5.96.